The van der Waals surface area contributed by atoms with Crippen molar-refractivity contribution >= 4 is 5.91 Å². The summed E-state index contributed by atoms with van der Waals surface area (Å²) < 4.78 is 0. The zero-order valence-corrected chi connectivity index (χ0v) is 15.2. The minimum atomic E-state index is -1.70. The molecule has 0 aromatic heterocycles. The van der Waals surface area contributed by atoms with Crippen LogP contribution >= 0.6 is 0 Å². The van der Waals surface area contributed by atoms with Crippen molar-refractivity contribution in [2.24, 2.45) is 0 Å². The minimum absolute atomic E-state index is 0.395. The molecule has 2 N–H and O–H groups in total. The van der Waals surface area contributed by atoms with Gasteiger partial charge in [0.1, 0.15) is 0 Å². The number of carbonyl (C=O) groups excluding carboxylic acids is 1. The van der Waals surface area contributed by atoms with Crippen LogP contribution < -0.4 is 5.32 Å². The maximum atomic E-state index is 13.0. The van der Waals surface area contributed by atoms with Crippen molar-refractivity contribution in [3.8, 4) is 0 Å². The average Bonchev–Trinajstić information content (AvgIpc) is 2.73. The summed E-state index contributed by atoms with van der Waals surface area (Å²) in [6.45, 7) is 5.60. The molecular formula is C22H26N2O2. The van der Waals surface area contributed by atoms with E-state index in [4.69, 9.17) is 0 Å². The SMILES string of the molecule is CCN1CC=C(CNC(=O)C(O)(c2ccccc2)c2ccccc2)CC1. The van der Waals surface area contributed by atoms with E-state index < -0.39 is 11.5 Å². The van der Waals surface area contributed by atoms with E-state index in [1.165, 1.54) is 5.57 Å². The molecule has 1 amide bonds. The molecule has 1 aliphatic heterocycles. The molecule has 0 radical (unpaired) electrons. The van der Waals surface area contributed by atoms with E-state index >= 15 is 0 Å². The Labute approximate surface area is 155 Å². The van der Waals surface area contributed by atoms with Crippen molar-refractivity contribution in [1.29, 1.82) is 0 Å². The number of likely N-dealkylation sites (N-methyl/N-ethyl adjacent to an activating group) is 1. The van der Waals surface area contributed by atoms with Crippen molar-refractivity contribution in [1.82, 2.24) is 10.2 Å². The van der Waals surface area contributed by atoms with Crippen LogP contribution in [0.25, 0.3) is 0 Å². The fraction of sp³-hybridized carbons (Fsp3) is 0.318. The molecule has 136 valence electrons. The van der Waals surface area contributed by atoms with Gasteiger partial charge in [0.05, 0.1) is 0 Å². The molecule has 0 saturated heterocycles. The van der Waals surface area contributed by atoms with Gasteiger partial charge >= 0.3 is 0 Å². The lowest BCUT2D eigenvalue weighted by atomic mass is 9.85. The Balaban J connectivity index is 1.80. The summed E-state index contributed by atoms with van der Waals surface area (Å²) in [6, 6.07) is 18.2. The molecule has 0 atom stereocenters. The lowest BCUT2D eigenvalue weighted by Crippen LogP contribution is -2.46. The molecule has 0 bridgehead atoms. The van der Waals surface area contributed by atoms with Crippen LogP contribution in [0.4, 0.5) is 0 Å². The monoisotopic (exact) mass is 350 g/mol. The first-order valence-corrected chi connectivity index (χ1v) is 9.16. The third-order valence-corrected chi connectivity index (χ3v) is 5.02. The number of carbonyl (C=O) groups is 1. The summed E-state index contributed by atoms with van der Waals surface area (Å²) >= 11 is 0. The Kier molecular flexibility index (Phi) is 5.86. The highest BCUT2D eigenvalue weighted by molar-refractivity contribution is 5.90. The van der Waals surface area contributed by atoms with Crippen LogP contribution in [0.1, 0.15) is 24.5 Å². The second-order valence-corrected chi connectivity index (χ2v) is 6.63. The zero-order chi connectivity index (χ0) is 18.4. The van der Waals surface area contributed by atoms with Gasteiger partial charge < -0.3 is 10.4 Å². The number of aliphatic hydroxyl groups is 1. The van der Waals surface area contributed by atoms with Crippen molar-refractivity contribution < 1.29 is 9.90 Å². The molecule has 0 fully saturated rings. The topological polar surface area (TPSA) is 52.6 Å². The molecule has 2 aromatic carbocycles. The summed E-state index contributed by atoms with van der Waals surface area (Å²) in [5, 5.41) is 14.3. The van der Waals surface area contributed by atoms with Gasteiger partial charge in [0.25, 0.3) is 5.91 Å². The van der Waals surface area contributed by atoms with Gasteiger partial charge in [0.2, 0.25) is 0 Å². The molecule has 0 saturated carbocycles. The molecular weight excluding hydrogens is 324 g/mol. The summed E-state index contributed by atoms with van der Waals surface area (Å²) in [5.74, 6) is -0.395. The van der Waals surface area contributed by atoms with E-state index in [0.29, 0.717) is 17.7 Å². The predicted octanol–water partition coefficient (Wildman–Crippen LogP) is 2.69. The molecule has 0 spiro atoms. The highest BCUT2D eigenvalue weighted by Crippen LogP contribution is 2.30. The van der Waals surface area contributed by atoms with Gasteiger partial charge in [-0.15, -0.1) is 0 Å². The summed E-state index contributed by atoms with van der Waals surface area (Å²) in [6.07, 6.45) is 3.13. The fourth-order valence-corrected chi connectivity index (χ4v) is 3.31. The number of hydrogen-bond acceptors (Lipinski definition) is 3. The third kappa shape index (κ3) is 3.87. The van der Waals surface area contributed by atoms with E-state index in [2.05, 4.69) is 23.2 Å². The number of hydrogen-bond donors (Lipinski definition) is 2. The second-order valence-electron chi connectivity index (χ2n) is 6.63. The Morgan fingerprint density at radius 3 is 2.12 bits per heavy atom. The van der Waals surface area contributed by atoms with Crippen molar-refractivity contribution in [3.05, 3.63) is 83.4 Å². The Morgan fingerprint density at radius 1 is 1.08 bits per heavy atom. The molecule has 4 nitrogen and oxygen atoms in total. The van der Waals surface area contributed by atoms with Crippen LogP contribution in [-0.4, -0.2) is 42.1 Å². The minimum Gasteiger partial charge on any atom is -0.372 e. The van der Waals surface area contributed by atoms with Crippen molar-refractivity contribution in [2.75, 3.05) is 26.2 Å². The highest BCUT2D eigenvalue weighted by Gasteiger charge is 2.39. The first-order valence-electron chi connectivity index (χ1n) is 9.16. The van der Waals surface area contributed by atoms with E-state index in [9.17, 15) is 9.90 Å². The highest BCUT2D eigenvalue weighted by atomic mass is 16.3. The zero-order valence-electron chi connectivity index (χ0n) is 15.2. The van der Waals surface area contributed by atoms with Crippen molar-refractivity contribution in [3.63, 3.8) is 0 Å². The third-order valence-electron chi connectivity index (χ3n) is 5.02. The van der Waals surface area contributed by atoms with E-state index in [0.717, 1.165) is 26.1 Å². The quantitative estimate of drug-likeness (QED) is 0.788. The first-order chi connectivity index (χ1) is 12.6. The van der Waals surface area contributed by atoms with E-state index in [1.807, 2.05) is 36.4 Å². The lowest BCUT2D eigenvalue weighted by molar-refractivity contribution is -0.136. The van der Waals surface area contributed by atoms with Gasteiger partial charge in [-0.2, -0.15) is 0 Å². The molecule has 1 aliphatic rings. The lowest BCUT2D eigenvalue weighted by Gasteiger charge is -2.29. The van der Waals surface area contributed by atoms with Crippen LogP contribution in [0, 0.1) is 0 Å². The van der Waals surface area contributed by atoms with Crippen molar-refractivity contribution in [2.45, 2.75) is 18.9 Å². The number of benzene rings is 2. The van der Waals surface area contributed by atoms with E-state index in [-0.39, 0.29) is 0 Å². The van der Waals surface area contributed by atoms with Crippen LogP contribution in [-0.2, 0) is 10.4 Å². The predicted molar refractivity (Wildman–Crippen MR) is 104 cm³/mol. The van der Waals surface area contributed by atoms with Gasteiger partial charge in [0, 0.05) is 19.6 Å². The first kappa shape index (κ1) is 18.4. The van der Waals surface area contributed by atoms with Gasteiger partial charge in [-0.25, -0.2) is 0 Å². The smallest absolute Gasteiger partial charge is 0.261 e. The Bertz CT molecular complexity index is 717. The Hall–Kier alpha value is -2.43. The number of amides is 1. The van der Waals surface area contributed by atoms with Gasteiger partial charge in [-0.05, 0) is 24.1 Å². The summed E-state index contributed by atoms with van der Waals surface area (Å²) in [5.41, 5.74) is 0.649. The summed E-state index contributed by atoms with van der Waals surface area (Å²) in [7, 11) is 0. The van der Waals surface area contributed by atoms with Gasteiger partial charge in [0.15, 0.2) is 5.60 Å². The molecule has 4 heteroatoms. The second kappa shape index (κ2) is 8.30. The fourth-order valence-electron chi connectivity index (χ4n) is 3.31. The van der Waals surface area contributed by atoms with Crippen LogP contribution in [0.5, 0.6) is 0 Å². The largest absolute Gasteiger partial charge is 0.372 e. The Morgan fingerprint density at radius 2 is 1.65 bits per heavy atom. The standard InChI is InChI=1S/C22H26N2O2/c1-2-24-15-13-18(14-16-24)17-23-21(25)22(26,19-9-5-3-6-10-19)20-11-7-4-8-12-20/h3-13,26H,2,14-17H2,1H3,(H,23,25). The average molecular weight is 350 g/mol. The molecule has 2 aromatic rings. The van der Waals surface area contributed by atoms with Gasteiger partial charge in [-0.3, -0.25) is 9.69 Å². The van der Waals surface area contributed by atoms with Crippen LogP contribution in [0.15, 0.2) is 72.3 Å². The van der Waals surface area contributed by atoms with Gasteiger partial charge in [-0.1, -0.05) is 79.2 Å². The number of nitrogens with zero attached hydrogens (tertiary/aromatic N) is 1. The summed E-state index contributed by atoms with van der Waals surface area (Å²) in [4.78, 5) is 15.4. The molecule has 0 unspecified atom stereocenters. The maximum Gasteiger partial charge on any atom is 0.261 e. The molecule has 0 aliphatic carbocycles. The van der Waals surface area contributed by atoms with Crippen LogP contribution in [0.2, 0.25) is 0 Å². The molecule has 26 heavy (non-hydrogen) atoms. The van der Waals surface area contributed by atoms with Crippen LogP contribution in [0.3, 0.4) is 0 Å². The normalized spacial score (nSPS) is 15.4. The maximum absolute atomic E-state index is 13.0. The number of nitrogens with one attached hydrogen (secondary N) is 1. The van der Waals surface area contributed by atoms with E-state index in [1.54, 1.807) is 24.3 Å². The molecule has 3 rings (SSSR count). The molecule has 1 heterocycles. The number of rotatable bonds is 6.